The average Bonchev–Trinajstić information content (AvgIpc) is 3.04. The third-order valence-electron chi connectivity index (χ3n) is 8.19. The molecule has 0 fully saturated rings. The Labute approximate surface area is 290 Å². The van der Waals surface area contributed by atoms with Gasteiger partial charge in [-0.25, -0.2) is 4.79 Å². The molecule has 2 rings (SSSR count). The number of hydrogen-bond acceptors (Lipinski definition) is 7. The zero-order valence-electron chi connectivity index (χ0n) is 29.7. The average molecular weight is 685 g/mol. The van der Waals surface area contributed by atoms with Gasteiger partial charge in [-0.05, 0) is 63.8 Å². The number of carbonyl (C=O) groups is 5. The molecule has 2 aromatic carbocycles. The van der Waals surface area contributed by atoms with Crippen LogP contribution in [0, 0.1) is 11.8 Å². The predicted molar refractivity (Wildman–Crippen MR) is 189 cm³/mol. The first-order valence-electron chi connectivity index (χ1n) is 16.9. The van der Waals surface area contributed by atoms with E-state index < -0.39 is 53.4 Å². The molecule has 264 valence electrons. The Balaban J connectivity index is 2.15. The number of ether oxygens (including phenoxy) is 2. The Bertz CT molecular complexity index is 1370. The van der Waals surface area contributed by atoms with E-state index in [0.717, 1.165) is 30.4 Å². The van der Waals surface area contributed by atoms with Gasteiger partial charge in [-0.2, -0.15) is 0 Å². The van der Waals surface area contributed by atoms with Crippen LogP contribution < -0.4 is 10.6 Å². The molecule has 9 nitrogen and oxygen atoms in total. The van der Waals surface area contributed by atoms with Crippen molar-refractivity contribution >= 4 is 41.0 Å². The summed E-state index contributed by atoms with van der Waals surface area (Å²) >= 11 is 6.00. The lowest BCUT2D eigenvalue weighted by Crippen LogP contribution is -2.53. The Hall–Kier alpha value is -3.56. The molecular weight excluding hydrogens is 632 g/mol. The van der Waals surface area contributed by atoms with E-state index in [9.17, 15) is 24.0 Å². The lowest BCUT2D eigenvalue weighted by molar-refractivity contribution is -0.146. The number of ketones is 2. The van der Waals surface area contributed by atoms with E-state index in [0.29, 0.717) is 23.4 Å². The smallest absolute Gasteiger partial charge is 0.328 e. The van der Waals surface area contributed by atoms with Gasteiger partial charge in [0.2, 0.25) is 11.8 Å². The highest BCUT2D eigenvalue weighted by molar-refractivity contribution is 6.30. The van der Waals surface area contributed by atoms with Crippen LogP contribution in [0.15, 0.2) is 48.5 Å². The Morgan fingerprint density at radius 1 is 0.812 bits per heavy atom. The topological polar surface area (TPSA) is 128 Å². The summed E-state index contributed by atoms with van der Waals surface area (Å²) in [5, 5.41) is 6.22. The number of rotatable bonds is 19. The molecular formula is C38H53ClN2O7. The molecule has 10 heteroatoms. The van der Waals surface area contributed by atoms with Crippen LogP contribution in [0.3, 0.4) is 0 Å². The number of hydrogen-bond donors (Lipinski definition) is 2. The summed E-state index contributed by atoms with van der Waals surface area (Å²) in [5.74, 6) is -3.47. The van der Waals surface area contributed by atoms with Crippen molar-refractivity contribution in [3.05, 3.63) is 59.1 Å². The Kier molecular flexibility index (Phi) is 16.4. The highest BCUT2D eigenvalue weighted by Crippen LogP contribution is 2.24. The fourth-order valence-electron chi connectivity index (χ4n) is 5.44. The summed E-state index contributed by atoms with van der Waals surface area (Å²) in [7, 11) is 1.27. The first-order valence-corrected chi connectivity index (χ1v) is 17.3. The van der Waals surface area contributed by atoms with Gasteiger partial charge in [0.15, 0.2) is 11.6 Å². The van der Waals surface area contributed by atoms with Crippen LogP contribution >= 0.6 is 11.6 Å². The van der Waals surface area contributed by atoms with Gasteiger partial charge in [0, 0.05) is 35.3 Å². The third-order valence-corrected chi connectivity index (χ3v) is 8.44. The zero-order valence-corrected chi connectivity index (χ0v) is 30.4. The summed E-state index contributed by atoms with van der Waals surface area (Å²) in [4.78, 5) is 65.9. The normalized spacial score (nSPS) is 14.6. The summed E-state index contributed by atoms with van der Waals surface area (Å²) in [6.07, 6.45) is 2.48. The molecule has 0 saturated heterocycles. The van der Waals surface area contributed by atoms with E-state index in [1.165, 1.54) is 7.11 Å². The van der Waals surface area contributed by atoms with E-state index >= 15 is 0 Å². The fourth-order valence-corrected chi connectivity index (χ4v) is 5.56. The van der Waals surface area contributed by atoms with Crippen LogP contribution in [0.2, 0.25) is 5.02 Å². The molecule has 0 bridgehead atoms. The first-order chi connectivity index (χ1) is 22.6. The lowest BCUT2D eigenvalue weighted by Gasteiger charge is -2.32. The van der Waals surface area contributed by atoms with Gasteiger partial charge in [0.25, 0.3) is 0 Å². The van der Waals surface area contributed by atoms with Crippen LogP contribution in [0.25, 0.3) is 11.1 Å². The largest absolute Gasteiger partial charge is 0.467 e. The third kappa shape index (κ3) is 13.2. The van der Waals surface area contributed by atoms with Crippen molar-refractivity contribution in [3.8, 4) is 11.1 Å². The van der Waals surface area contributed by atoms with Gasteiger partial charge < -0.3 is 20.1 Å². The molecule has 0 aromatic heterocycles. The standard InChI is InChI=1S/C38H53ClN2O7/c1-9-11-12-13-31(37(46)47-8)40-35(44)24(3)22-33(43)34(25(4)48-38(5,6)7)41-36(45)26(10-2)23-32(42)29-16-14-27(15-17-29)28-18-20-30(39)21-19-28/h14-21,24-26,31,34H,9-13,22-23H2,1-8H3,(H,40,44)(H,41,45)/t24-,25-,26-,31+,34+/m1/s1. The maximum Gasteiger partial charge on any atom is 0.328 e. The van der Waals surface area contributed by atoms with E-state index in [-0.39, 0.29) is 24.4 Å². The number of amides is 2. The SMILES string of the molecule is CCCCC[C@H](NC(=O)[C@H](C)CC(=O)[C@@H](NC(=O)[C@H](CC)CC(=O)c1ccc(-c2ccc(Cl)cc2)cc1)[C@@H](C)OC(C)(C)C)C(=O)OC. The van der Waals surface area contributed by atoms with E-state index in [2.05, 4.69) is 10.6 Å². The van der Waals surface area contributed by atoms with E-state index in [4.69, 9.17) is 21.1 Å². The summed E-state index contributed by atoms with van der Waals surface area (Å²) in [6.45, 7) is 12.7. The van der Waals surface area contributed by atoms with Crippen LogP contribution in [-0.4, -0.2) is 60.2 Å². The minimum Gasteiger partial charge on any atom is -0.467 e. The highest BCUT2D eigenvalue weighted by Gasteiger charge is 2.35. The number of halogens is 1. The molecule has 2 aromatic rings. The number of carbonyl (C=O) groups excluding carboxylic acids is 5. The molecule has 0 aliphatic heterocycles. The summed E-state index contributed by atoms with van der Waals surface area (Å²) in [6, 6.07) is 12.7. The molecule has 0 heterocycles. The monoisotopic (exact) mass is 684 g/mol. The Morgan fingerprint density at radius 2 is 1.40 bits per heavy atom. The second kappa shape index (κ2) is 19.4. The van der Waals surface area contributed by atoms with Crippen molar-refractivity contribution in [3.63, 3.8) is 0 Å². The minimum absolute atomic E-state index is 0.0379. The van der Waals surface area contributed by atoms with Gasteiger partial charge >= 0.3 is 5.97 Å². The second-order valence-electron chi connectivity index (χ2n) is 13.4. The molecule has 0 saturated carbocycles. The number of benzene rings is 2. The first kappa shape index (κ1) is 40.6. The molecule has 0 aliphatic rings. The zero-order chi connectivity index (χ0) is 36.0. The number of unbranched alkanes of at least 4 members (excludes halogenated alkanes) is 2. The minimum atomic E-state index is -1.06. The van der Waals surface area contributed by atoms with E-state index in [1.54, 1.807) is 38.1 Å². The highest BCUT2D eigenvalue weighted by atomic mass is 35.5. The van der Waals surface area contributed by atoms with E-state index in [1.807, 2.05) is 58.9 Å². The lowest BCUT2D eigenvalue weighted by atomic mass is 9.92. The van der Waals surface area contributed by atoms with Gasteiger partial charge in [-0.15, -0.1) is 0 Å². The second-order valence-corrected chi connectivity index (χ2v) is 13.8. The quantitative estimate of drug-likeness (QED) is 0.0916. The Morgan fingerprint density at radius 3 is 1.92 bits per heavy atom. The number of methoxy groups -OCH3 is 1. The van der Waals surface area contributed by atoms with Gasteiger partial charge in [-0.1, -0.05) is 88.0 Å². The van der Waals surface area contributed by atoms with Crippen molar-refractivity contribution in [1.82, 2.24) is 10.6 Å². The van der Waals surface area contributed by atoms with Crippen molar-refractivity contribution < 1.29 is 33.4 Å². The fraction of sp³-hybridized carbons (Fsp3) is 0.553. The van der Waals surface area contributed by atoms with Crippen LogP contribution in [0.4, 0.5) is 0 Å². The number of nitrogens with one attached hydrogen (secondary N) is 2. The molecule has 0 aliphatic carbocycles. The molecule has 2 N–H and O–H groups in total. The van der Waals surface area contributed by atoms with Crippen LogP contribution in [0.1, 0.15) is 104 Å². The number of Topliss-reactive ketones (excluding diaryl/α,β-unsaturated/α-hetero) is 2. The number of esters is 1. The van der Waals surface area contributed by atoms with Gasteiger partial charge in [0.1, 0.15) is 12.1 Å². The van der Waals surface area contributed by atoms with Crippen molar-refractivity contribution in [2.45, 2.75) is 117 Å². The molecule has 2 amide bonds. The summed E-state index contributed by atoms with van der Waals surface area (Å²) in [5.41, 5.74) is 1.77. The molecule has 5 atom stereocenters. The summed E-state index contributed by atoms with van der Waals surface area (Å²) < 4.78 is 10.9. The van der Waals surface area contributed by atoms with Gasteiger partial charge in [-0.3, -0.25) is 19.2 Å². The van der Waals surface area contributed by atoms with Crippen LogP contribution in [0.5, 0.6) is 0 Å². The van der Waals surface area contributed by atoms with Crippen LogP contribution in [-0.2, 0) is 28.7 Å². The molecule has 0 unspecified atom stereocenters. The molecule has 0 radical (unpaired) electrons. The maximum atomic E-state index is 13.7. The van der Waals surface area contributed by atoms with Crippen molar-refractivity contribution in [2.75, 3.05) is 7.11 Å². The maximum absolute atomic E-state index is 13.7. The molecule has 0 spiro atoms. The van der Waals surface area contributed by atoms with Crippen molar-refractivity contribution in [1.29, 1.82) is 0 Å². The van der Waals surface area contributed by atoms with Crippen molar-refractivity contribution in [2.24, 2.45) is 11.8 Å². The van der Waals surface area contributed by atoms with Gasteiger partial charge in [0.05, 0.1) is 18.8 Å². The predicted octanol–water partition coefficient (Wildman–Crippen LogP) is 7.13. The molecule has 48 heavy (non-hydrogen) atoms.